The van der Waals surface area contributed by atoms with Gasteiger partial charge in [-0.3, -0.25) is 14.2 Å². The van der Waals surface area contributed by atoms with Gasteiger partial charge in [-0.05, 0) is 42.0 Å². The summed E-state index contributed by atoms with van der Waals surface area (Å²) < 4.78 is 16.7. The van der Waals surface area contributed by atoms with Gasteiger partial charge in [0.05, 0.1) is 43.8 Å². The molecule has 4 aromatic rings. The van der Waals surface area contributed by atoms with Crippen molar-refractivity contribution in [2.75, 3.05) is 26.6 Å². The highest BCUT2D eigenvalue weighted by Gasteiger charge is 2.14. The molecule has 1 aromatic heterocycles. The highest BCUT2D eigenvalue weighted by Crippen LogP contribution is 2.30. The molecule has 180 valence electrons. The van der Waals surface area contributed by atoms with Crippen LogP contribution in [-0.2, 0) is 6.54 Å². The van der Waals surface area contributed by atoms with Gasteiger partial charge in [0.2, 0.25) is 0 Å². The Morgan fingerprint density at radius 2 is 1.57 bits per heavy atom. The van der Waals surface area contributed by atoms with Gasteiger partial charge in [0.1, 0.15) is 5.75 Å². The van der Waals surface area contributed by atoms with Crippen LogP contribution in [0.1, 0.15) is 15.9 Å². The number of methoxy groups -OCH3 is 3. The summed E-state index contributed by atoms with van der Waals surface area (Å²) in [6.45, 7) is 0.0223. The number of carbonyl (C=O) groups excluding carboxylic acids is 1. The Morgan fingerprint density at radius 1 is 0.914 bits per heavy atom. The molecule has 1 heterocycles. The van der Waals surface area contributed by atoms with Crippen molar-refractivity contribution in [1.29, 1.82) is 0 Å². The third kappa shape index (κ3) is 4.85. The molecule has 0 spiro atoms. The molecule has 0 aliphatic heterocycles. The molecule has 0 unspecified atom stereocenters. The standard InChI is InChI=1S/C25H22ClN3O6/c1-33-20-9-8-16(10-18(20)26)27-23(30)15-6-4-14(5-7-15)13-29-24(31)17-11-21(34-2)22(35-3)12-19(17)28-25(29)32/h4-12H,13H2,1-3H3,(H,27,30)(H,28,32). The quantitative estimate of drug-likeness (QED) is 0.404. The zero-order chi connectivity index (χ0) is 25.1. The lowest BCUT2D eigenvalue weighted by molar-refractivity contribution is 0.102. The number of hydrogen-bond acceptors (Lipinski definition) is 6. The molecule has 2 N–H and O–H groups in total. The minimum absolute atomic E-state index is 0.0223. The summed E-state index contributed by atoms with van der Waals surface area (Å²) in [5, 5.41) is 3.43. The summed E-state index contributed by atoms with van der Waals surface area (Å²) >= 11 is 6.11. The van der Waals surface area contributed by atoms with E-state index in [0.29, 0.717) is 44.6 Å². The highest BCUT2D eigenvalue weighted by molar-refractivity contribution is 6.32. The molecule has 0 aliphatic rings. The molecule has 3 aromatic carbocycles. The molecule has 0 saturated carbocycles. The lowest BCUT2D eigenvalue weighted by atomic mass is 10.1. The van der Waals surface area contributed by atoms with Crippen LogP contribution in [0.25, 0.3) is 10.9 Å². The van der Waals surface area contributed by atoms with Crippen molar-refractivity contribution < 1.29 is 19.0 Å². The number of ether oxygens (including phenoxy) is 3. The van der Waals surface area contributed by atoms with Crippen LogP contribution < -0.4 is 30.8 Å². The van der Waals surface area contributed by atoms with Crippen LogP contribution in [0.5, 0.6) is 17.2 Å². The van der Waals surface area contributed by atoms with Crippen molar-refractivity contribution in [1.82, 2.24) is 9.55 Å². The number of hydrogen-bond donors (Lipinski definition) is 2. The van der Waals surface area contributed by atoms with Crippen LogP contribution in [0.4, 0.5) is 5.69 Å². The average molecular weight is 496 g/mol. The number of halogens is 1. The first-order chi connectivity index (χ1) is 16.8. The summed E-state index contributed by atoms with van der Waals surface area (Å²) in [4.78, 5) is 41.0. The SMILES string of the molecule is COc1ccc(NC(=O)c2ccc(Cn3c(=O)[nH]c4cc(OC)c(OC)cc4c3=O)cc2)cc1Cl. The third-order valence-corrected chi connectivity index (χ3v) is 5.75. The molecule has 35 heavy (non-hydrogen) atoms. The van der Waals surface area contributed by atoms with Gasteiger partial charge in [0.25, 0.3) is 11.5 Å². The molecule has 0 atom stereocenters. The second kappa shape index (κ2) is 9.94. The minimum Gasteiger partial charge on any atom is -0.495 e. The zero-order valence-electron chi connectivity index (χ0n) is 19.2. The van der Waals surface area contributed by atoms with E-state index in [9.17, 15) is 14.4 Å². The Labute approximate surface area is 204 Å². The number of aromatic amines is 1. The zero-order valence-corrected chi connectivity index (χ0v) is 19.9. The lowest BCUT2D eigenvalue weighted by Crippen LogP contribution is -2.35. The maximum absolute atomic E-state index is 13.0. The van der Waals surface area contributed by atoms with Gasteiger partial charge in [-0.25, -0.2) is 4.79 Å². The number of nitrogens with zero attached hydrogens (tertiary/aromatic N) is 1. The third-order valence-electron chi connectivity index (χ3n) is 5.45. The van der Waals surface area contributed by atoms with E-state index in [1.54, 1.807) is 48.5 Å². The Morgan fingerprint density at radius 3 is 2.20 bits per heavy atom. The maximum atomic E-state index is 13.0. The molecule has 1 amide bonds. The van der Waals surface area contributed by atoms with Crippen LogP contribution in [0.15, 0.2) is 64.2 Å². The summed E-state index contributed by atoms with van der Waals surface area (Å²) in [7, 11) is 4.45. The Hall–Kier alpha value is -4.24. The lowest BCUT2D eigenvalue weighted by Gasteiger charge is -2.11. The van der Waals surface area contributed by atoms with Crippen LogP contribution >= 0.6 is 11.6 Å². The molecule has 9 nitrogen and oxygen atoms in total. The van der Waals surface area contributed by atoms with Crippen molar-refractivity contribution in [2.45, 2.75) is 6.54 Å². The molecular formula is C25H22ClN3O6. The Kier molecular flexibility index (Phi) is 6.79. The van der Waals surface area contributed by atoms with Gasteiger partial charge in [-0.15, -0.1) is 0 Å². The van der Waals surface area contributed by atoms with Crippen molar-refractivity contribution in [3.05, 3.63) is 91.6 Å². The number of aromatic nitrogens is 2. The summed E-state index contributed by atoms with van der Waals surface area (Å²) in [6.07, 6.45) is 0. The molecule has 0 bridgehead atoms. The van der Waals surface area contributed by atoms with Gasteiger partial charge in [0.15, 0.2) is 11.5 Å². The van der Waals surface area contributed by atoms with E-state index in [0.717, 1.165) is 4.57 Å². The molecule has 0 fully saturated rings. The molecule has 0 aliphatic carbocycles. The first-order valence-electron chi connectivity index (χ1n) is 10.5. The normalized spacial score (nSPS) is 10.7. The van der Waals surface area contributed by atoms with E-state index < -0.39 is 11.2 Å². The molecule has 0 saturated heterocycles. The van der Waals surface area contributed by atoms with Crippen LogP contribution in [0.2, 0.25) is 5.02 Å². The first kappa shape index (κ1) is 23.9. The second-order valence-electron chi connectivity index (χ2n) is 7.57. The van der Waals surface area contributed by atoms with Crippen LogP contribution in [0, 0.1) is 0 Å². The predicted molar refractivity (Wildman–Crippen MR) is 133 cm³/mol. The number of benzene rings is 3. The van der Waals surface area contributed by atoms with Gasteiger partial charge < -0.3 is 24.5 Å². The van der Waals surface area contributed by atoms with Crippen molar-refractivity contribution in [3.63, 3.8) is 0 Å². The highest BCUT2D eigenvalue weighted by atomic mass is 35.5. The summed E-state index contributed by atoms with van der Waals surface area (Å²) in [5.74, 6) is 0.952. The molecule has 0 radical (unpaired) electrons. The fourth-order valence-electron chi connectivity index (χ4n) is 3.61. The number of rotatable bonds is 7. The first-order valence-corrected chi connectivity index (χ1v) is 10.8. The van der Waals surface area contributed by atoms with Crippen molar-refractivity contribution >= 4 is 34.1 Å². The van der Waals surface area contributed by atoms with Crippen molar-refractivity contribution in [3.8, 4) is 17.2 Å². The number of carbonyl (C=O) groups is 1. The largest absolute Gasteiger partial charge is 0.495 e. The number of nitrogens with one attached hydrogen (secondary N) is 2. The number of fused-ring (bicyclic) bond motifs is 1. The Balaban J connectivity index is 1.57. The minimum atomic E-state index is -0.562. The molecule has 4 rings (SSSR count). The Bertz CT molecular complexity index is 1530. The van der Waals surface area contributed by atoms with Crippen molar-refractivity contribution in [2.24, 2.45) is 0 Å². The summed E-state index contributed by atoms with van der Waals surface area (Å²) in [5.41, 5.74) is 0.903. The number of amides is 1. The van der Waals surface area contributed by atoms with E-state index in [2.05, 4.69) is 10.3 Å². The monoisotopic (exact) mass is 495 g/mol. The van der Waals surface area contributed by atoms with Crippen LogP contribution in [-0.4, -0.2) is 36.8 Å². The smallest absolute Gasteiger partial charge is 0.329 e. The van der Waals surface area contributed by atoms with Gasteiger partial charge in [0, 0.05) is 17.3 Å². The van der Waals surface area contributed by atoms with Gasteiger partial charge >= 0.3 is 5.69 Å². The number of H-pyrrole nitrogens is 1. The second-order valence-corrected chi connectivity index (χ2v) is 7.98. The fraction of sp³-hybridized carbons (Fsp3) is 0.160. The molecular weight excluding hydrogens is 474 g/mol. The van der Waals surface area contributed by atoms with Crippen LogP contribution in [0.3, 0.4) is 0 Å². The predicted octanol–water partition coefficient (Wildman–Crippen LogP) is 3.67. The fourth-order valence-corrected chi connectivity index (χ4v) is 3.87. The topological polar surface area (TPSA) is 112 Å². The average Bonchev–Trinajstić information content (AvgIpc) is 2.86. The van der Waals surface area contributed by atoms with Gasteiger partial charge in [-0.2, -0.15) is 0 Å². The molecule has 10 heteroatoms. The maximum Gasteiger partial charge on any atom is 0.329 e. The van der Waals surface area contributed by atoms with E-state index in [1.165, 1.54) is 27.4 Å². The van der Waals surface area contributed by atoms with E-state index in [-0.39, 0.29) is 17.8 Å². The van der Waals surface area contributed by atoms with E-state index >= 15 is 0 Å². The van der Waals surface area contributed by atoms with Gasteiger partial charge in [-0.1, -0.05) is 23.7 Å². The summed E-state index contributed by atoms with van der Waals surface area (Å²) in [6, 6.07) is 14.6. The van der Waals surface area contributed by atoms with E-state index in [1.807, 2.05) is 0 Å². The number of anilines is 1. The van der Waals surface area contributed by atoms with E-state index in [4.69, 9.17) is 25.8 Å².